The minimum atomic E-state index is -3.46. The smallest absolute Gasteiger partial charge is 0.234 e. The average Bonchev–Trinajstić information content (AvgIpc) is 2.35. The molecular weight excluding hydrogens is 254 g/mol. The minimum Gasteiger partial charge on any atom is -0.394 e. The van der Waals surface area contributed by atoms with Gasteiger partial charge in [-0.15, -0.1) is 0 Å². The highest BCUT2D eigenvalue weighted by molar-refractivity contribution is 7.92. The topological polar surface area (TPSA) is 74.7 Å². The average molecular weight is 271 g/mol. The summed E-state index contributed by atoms with van der Waals surface area (Å²) in [5.74, 6) is -0.188. The van der Waals surface area contributed by atoms with Crippen molar-refractivity contribution >= 4 is 21.5 Å². The van der Waals surface area contributed by atoms with Crippen molar-refractivity contribution < 1.29 is 18.3 Å². The molecule has 18 heavy (non-hydrogen) atoms. The monoisotopic (exact) mass is 271 g/mol. The molecule has 1 aromatic carbocycles. The summed E-state index contributed by atoms with van der Waals surface area (Å²) in [6, 6.07) is 6.38. The van der Waals surface area contributed by atoms with Gasteiger partial charge in [0.15, 0.2) is 5.78 Å². The Balaban J connectivity index is 3.22. The van der Waals surface area contributed by atoms with Gasteiger partial charge < -0.3 is 5.11 Å². The van der Waals surface area contributed by atoms with Gasteiger partial charge in [-0.25, -0.2) is 8.42 Å². The van der Waals surface area contributed by atoms with Gasteiger partial charge in [-0.3, -0.25) is 9.10 Å². The summed E-state index contributed by atoms with van der Waals surface area (Å²) in [7, 11) is -3.46. The van der Waals surface area contributed by atoms with Crippen molar-refractivity contribution in [1.82, 2.24) is 0 Å². The molecule has 0 aromatic heterocycles. The predicted molar refractivity (Wildman–Crippen MR) is 70.3 cm³/mol. The molecular formula is C12H17NO4S. The molecule has 0 radical (unpaired) electrons. The van der Waals surface area contributed by atoms with Crippen LogP contribution in [0.3, 0.4) is 0 Å². The van der Waals surface area contributed by atoms with Crippen LogP contribution in [-0.2, 0) is 10.0 Å². The van der Waals surface area contributed by atoms with Gasteiger partial charge in [-0.1, -0.05) is 12.1 Å². The Morgan fingerprint density at radius 1 is 1.39 bits per heavy atom. The lowest BCUT2D eigenvalue weighted by Crippen LogP contribution is -2.34. The SMILES string of the molecule is CCS(=O)(=O)N(CCO)c1cccc(C(C)=O)c1. The Hall–Kier alpha value is -1.40. The first kappa shape index (κ1) is 14.7. The second kappa shape index (κ2) is 5.97. The number of carbonyl (C=O) groups is 1. The van der Waals surface area contributed by atoms with Crippen LogP contribution in [0.4, 0.5) is 5.69 Å². The van der Waals surface area contributed by atoms with Crippen LogP contribution in [0.5, 0.6) is 0 Å². The Morgan fingerprint density at radius 3 is 2.56 bits per heavy atom. The number of aliphatic hydroxyl groups excluding tert-OH is 1. The summed E-state index contributed by atoms with van der Waals surface area (Å²) < 4.78 is 24.9. The van der Waals surface area contributed by atoms with Gasteiger partial charge in [0.25, 0.3) is 0 Å². The largest absolute Gasteiger partial charge is 0.394 e. The first-order chi connectivity index (χ1) is 8.42. The lowest BCUT2D eigenvalue weighted by molar-refractivity contribution is 0.101. The van der Waals surface area contributed by atoms with E-state index in [0.717, 1.165) is 4.31 Å². The van der Waals surface area contributed by atoms with Gasteiger partial charge in [0.1, 0.15) is 0 Å². The van der Waals surface area contributed by atoms with Crippen LogP contribution in [0.15, 0.2) is 24.3 Å². The van der Waals surface area contributed by atoms with Crippen LogP contribution < -0.4 is 4.31 Å². The van der Waals surface area contributed by atoms with Crippen LogP contribution in [0, 0.1) is 0 Å². The molecule has 100 valence electrons. The van der Waals surface area contributed by atoms with E-state index in [9.17, 15) is 13.2 Å². The number of nitrogens with zero attached hydrogens (tertiary/aromatic N) is 1. The maximum atomic E-state index is 11.9. The lowest BCUT2D eigenvalue weighted by Gasteiger charge is -2.23. The molecule has 0 bridgehead atoms. The highest BCUT2D eigenvalue weighted by Gasteiger charge is 2.20. The fraction of sp³-hybridized carbons (Fsp3) is 0.417. The number of sulfonamides is 1. The number of Topliss-reactive ketones (excluding diaryl/α,β-unsaturated/α-hetero) is 1. The Kier molecular flexibility index (Phi) is 4.86. The zero-order valence-electron chi connectivity index (χ0n) is 10.5. The fourth-order valence-corrected chi connectivity index (χ4v) is 2.66. The first-order valence-corrected chi connectivity index (χ1v) is 7.25. The second-order valence-electron chi connectivity index (χ2n) is 3.80. The van der Waals surface area contributed by atoms with Gasteiger partial charge >= 0.3 is 0 Å². The van der Waals surface area contributed by atoms with Gasteiger partial charge in [-0.2, -0.15) is 0 Å². The molecule has 1 N–H and O–H groups in total. The third-order valence-corrected chi connectivity index (χ3v) is 4.34. The van der Waals surface area contributed by atoms with E-state index in [0.29, 0.717) is 11.3 Å². The van der Waals surface area contributed by atoms with Crippen molar-refractivity contribution in [2.75, 3.05) is 23.2 Å². The number of hydrogen-bond donors (Lipinski definition) is 1. The Bertz CT molecular complexity index is 525. The van der Waals surface area contributed by atoms with E-state index in [2.05, 4.69) is 0 Å². The van der Waals surface area contributed by atoms with E-state index >= 15 is 0 Å². The molecule has 0 fully saturated rings. The zero-order valence-corrected chi connectivity index (χ0v) is 11.3. The number of benzene rings is 1. The molecule has 0 aliphatic heterocycles. The Labute approximate surface area is 107 Å². The third-order valence-electron chi connectivity index (χ3n) is 2.54. The molecule has 0 aliphatic carbocycles. The maximum Gasteiger partial charge on any atom is 0.234 e. The van der Waals surface area contributed by atoms with E-state index in [-0.39, 0.29) is 24.7 Å². The van der Waals surface area contributed by atoms with Gasteiger partial charge in [0.05, 0.1) is 24.6 Å². The summed E-state index contributed by atoms with van der Waals surface area (Å²) >= 11 is 0. The lowest BCUT2D eigenvalue weighted by atomic mass is 10.1. The van der Waals surface area contributed by atoms with Crippen LogP contribution in [0.2, 0.25) is 0 Å². The van der Waals surface area contributed by atoms with E-state index in [1.807, 2.05) is 0 Å². The summed E-state index contributed by atoms with van der Waals surface area (Å²) in [5, 5.41) is 8.96. The number of anilines is 1. The second-order valence-corrected chi connectivity index (χ2v) is 5.98. The fourth-order valence-electron chi connectivity index (χ4n) is 1.56. The molecule has 6 heteroatoms. The highest BCUT2D eigenvalue weighted by Crippen LogP contribution is 2.20. The van der Waals surface area contributed by atoms with Crippen LogP contribution in [0.25, 0.3) is 0 Å². The normalized spacial score (nSPS) is 11.3. The maximum absolute atomic E-state index is 11.9. The molecule has 0 saturated heterocycles. The van der Waals surface area contributed by atoms with Crippen LogP contribution in [0.1, 0.15) is 24.2 Å². The summed E-state index contributed by atoms with van der Waals surface area (Å²) in [6.07, 6.45) is 0. The number of rotatable bonds is 6. The molecule has 0 spiro atoms. The van der Waals surface area contributed by atoms with Crippen LogP contribution in [-0.4, -0.2) is 38.2 Å². The number of ketones is 1. The number of carbonyl (C=O) groups excluding carboxylic acids is 1. The molecule has 0 aliphatic rings. The van der Waals surface area contributed by atoms with Crippen molar-refractivity contribution in [2.24, 2.45) is 0 Å². The number of aliphatic hydroxyl groups is 1. The molecule has 0 amide bonds. The van der Waals surface area contributed by atoms with E-state index in [1.165, 1.54) is 19.9 Å². The predicted octanol–water partition coefficient (Wildman–Crippen LogP) is 1.04. The van der Waals surface area contributed by atoms with Crippen molar-refractivity contribution in [2.45, 2.75) is 13.8 Å². The first-order valence-electron chi connectivity index (χ1n) is 5.64. The van der Waals surface area contributed by atoms with Gasteiger partial charge in [0.2, 0.25) is 10.0 Å². The van der Waals surface area contributed by atoms with Crippen molar-refractivity contribution in [3.8, 4) is 0 Å². The molecule has 0 unspecified atom stereocenters. The minimum absolute atomic E-state index is 0.0163. The van der Waals surface area contributed by atoms with E-state index < -0.39 is 10.0 Å². The number of hydrogen-bond acceptors (Lipinski definition) is 4. The molecule has 5 nitrogen and oxygen atoms in total. The summed E-state index contributed by atoms with van der Waals surface area (Å²) in [4.78, 5) is 11.3. The van der Waals surface area contributed by atoms with Crippen LogP contribution >= 0.6 is 0 Å². The molecule has 0 saturated carbocycles. The quantitative estimate of drug-likeness (QED) is 0.784. The highest BCUT2D eigenvalue weighted by atomic mass is 32.2. The van der Waals surface area contributed by atoms with E-state index in [4.69, 9.17) is 5.11 Å². The summed E-state index contributed by atoms with van der Waals surface area (Å²) in [5.41, 5.74) is 0.848. The molecule has 1 aromatic rings. The summed E-state index contributed by atoms with van der Waals surface area (Å²) in [6.45, 7) is 2.67. The van der Waals surface area contributed by atoms with Crippen molar-refractivity contribution in [1.29, 1.82) is 0 Å². The van der Waals surface area contributed by atoms with Gasteiger partial charge in [0, 0.05) is 5.56 Å². The molecule has 0 atom stereocenters. The molecule has 0 heterocycles. The Morgan fingerprint density at radius 2 is 2.06 bits per heavy atom. The van der Waals surface area contributed by atoms with Gasteiger partial charge in [-0.05, 0) is 26.0 Å². The van der Waals surface area contributed by atoms with Crippen molar-refractivity contribution in [3.63, 3.8) is 0 Å². The standard InChI is InChI=1S/C12H17NO4S/c1-3-18(16,17)13(7-8-14)12-6-4-5-11(9-12)10(2)15/h4-6,9,14H,3,7-8H2,1-2H3. The molecule has 1 rings (SSSR count). The zero-order chi connectivity index (χ0) is 13.8. The van der Waals surface area contributed by atoms with E-state index in [1.54, 1.807) is 18.2 Å². The van der Waals surface area contributed by atoms with Crippen molar-refractivity contribution in [3.05, 3.63) is 29.8 Å². The third kappa shape index (κ3) is 3.30.